The lowest BCUT2D eigenvalue weighted by Gasteiger charge is -2.18. The van der Waals surface area contributed by atoms with Crippen molar-refractivity contribution in [2.75, 3.05) is 19.3 Å². The van der Waals surface area contributed by atoms with Crippen LogP contribution >= 0.6 is 11.8 Å². The Labute approximate surface area is 117 Å². The van der Waals surface area contributed by atoms with Gasteiger partial charge in [0.2, 0.25) is 5.91 Å². The predicted octanol–water partition coefficient (Wildman–Crippen LogP) is 2.93. The second-order valence-electron chi connectivity index (χ2n) is 4.33. The van der Waals surface area contributed by atoms with Crippen LogP contribution in [0, 0.1) is 23.1 Å². The summed E-state index contributed by atoms with van der Waals surface area (Å²) in [6.07, 6.45) is 0.341. The van der Waals surface area contributed by atoms with Crippen molar-refractivity contribution in [2.45, 2.75) is 18.2 Å². The first-order valence-corrected chi connectivity index (χ1v) is 7.04. The number of amides is 1. The van der Waals surface area contributed by atoms with E-state index in [0.29, 0.717) is 23.6 Å². The zero-order valence-corrected chi connectivity index (χ0v) is 11.9. The van der Waals surface area contributed by atoms with Crippen molar-refractivity contribution in [1.29, 1.82) is 5.26 Å². The van der Waals surface area contributed by atoms with Crippen LogP contribution in [0.1, 0.15) is 13.3 Å². The van der Waals surface area contributed by atoms with E-state index >= 15 is 0 Å². The molecule has 19 heavy (non-hydrogen) atoms. The molecule has 0 saturated heterocycles. The summed E-state index contributed by atoms with van der Waals surface area (Å²) >= 11 is 1.33. The summed E-state index contributed by atoms with van der Waals surface area (Å²) < 4.78 is 13.3. The molecule has 1 amide bonds. The summed E-state index contributed by atoms with van der Waals surface area (Å²) in [6, 6.07) is 8.61. The quantitative estimate of drug-likeness (QED) is 0.753. The molecule has 0 radical (unpaired) electrons. The Balaban J connectivity index is 2.35. The number of carbonyl (C=O) groups is 1. The van der Waals surface area contributed by atoms with Gasteiger partial charge in [-0.25, -0.2) is 4.39 Å². The van der Waals surface area contributed by atoms with E-state index in [-0.39, 0.29) is 17.6 Å². The normalized spacial score (nSPS) is 11.7. The fourth-order valence-electron chi connectivity index (χ4n) is 1.55. The molecule has 0 fully saturated rings. The molecule has 1 rings (SSSR count). The summed E-state index contributed by atoms with van der Waals surface area (Å²) in [6.45, 7) is 2.21. The zero-order chi connectivity index (χ0) is 14.3. The maximum atomic E-state index is 13.3. The highest BCUT2D eigenvalue weighted by molar-refractivity contribution is 7.99. The minimum Gasteiger partial charge on any atom is -0.344 e. The number of rotatable bonds is 6. The summed E-state index contributed by atoms with van der Waals surface area (Å²) in [7, 11) is 1.68. The Kier molecular flexibility index (Phi) is 6.37. The van der Waals surface area contributed by atoms with Crippen LogP contribution in [0.4, 0.5) is 4.39 Å². The van der Waals surface area contributed by atoms with E-state index < -0.39 is 0 Å². The largest absolute Gasteiger partial charge is 0.344 e. The topological polar surface area (TPSA) is 44.1 Å². The number of hydrogen-bond acceptors (Lipinski definition) is 3. The number of nitrogens with zero attached hydrogens (tertiary/aromatic N) is 2. The summed E-state index contributed by atoms with van der Waals surface area (Å²) in [4.78, 5) is 13.9. The van der Waals surface area contributed by atoms with Crippen LogP contribution in [0.15, 0.2) is 29.2 Å². The minimum absolute atomic E-state index is 0.0223. The number of carbonyl (C=O) groups excluding carboxylic acids is 1. The molecule has 1 aromatic rings. The van der Waals surface area contributed by atoms with Crippen LogP contribution in [0.25, 0.3) is 0 Å². The van der Waals surface area contributed by atoms with Gasteiger partial charge in [-0.15, -0.1) is 11.8 Å². The highest BCUT2D eigenvalue weighted by atomic mass is 32.2. The van der Waals surface area contributed by atoms with E-state index in [1.165, 1.54) is 17.8 Å². The Morgan fingerprint density at radius 3 is 2.84 bits per heavy atom. The summed E-state index contributed by atoms with van der Waals surface area (Å²) in [5.41, 5.74) is 0. The molecule has 0 aliphatic heterocycles. The molecule has 0 aliphatic rings. The first-order chi connectivity index (χ1) is 9.04. The van der Waals surface area contributed by atoms with Gasteiger partial charge in [0.05, 0.1) is 12.0 Å². The molecule has 0 spiro atoms. The molecule has 1 aromatic carbocycles. The molecule has 0 N–H and O–H groups in total. The average molecular weight is 280 g/mol. The van der Waals surface area contributed by atoms with Gasteiger partial charge in [-0.2, -0.15) is 5.26 Å². The average Bonchev–Trinajstić information content (AvgIpc) is 2.40. The van der Waals surface area contributed by atoms with Crippen LogP contribution in [-0.4, -0.2) is 30.2 Å². The van der Waals surface area contributed by atoms with Gasteiger partial charge in [-0.3, -0.25) is 4.79 Å². The van der Waals surface area contributed by atoms with E-state index in [2.05, 4.69) is 6.07 Å². The van der Waals surface area contributed by atoms with Crippen LogP contribution in [-0.2, 0) is 4.79 Å². The Hall–Kier alpha value is -1.54. The maximum Gasteiger partial charge on any atom is 0.223 e. The third-order valence-corrected chi connectivity index (χ3v) is 3.65. The molecular weight excluding hydrogens is 263 g/mol. The van der Waals surface area contributed by atoms with Gasteiger partial charge < -0.3 is 4.90 Å². The van der Waals surface area contributed by atoms with Crippen molar-refractivity contribution < 1.29 is 9.18 Å². The Morgan fingerprint density at radius 2 is 2.21 bits per heavy atom. The minimum atomic E-state index is -0.258. The lowest BCUT2D eigenvalue weighted by Crippen LogP contribution is -2.30. The van der Waals surface area contributed by atoms with Gasteiger partial charge in [0.15, 0.2) is 0 Å². The summed E-state index contributed by atoms with van der Waals surface area (Å²) in [5.74, 6) is 0.0796. The molecule has 5 heteroatoms. The number of halogens is 1. The molecule has 0 heterocycles. The highest BCUT2D eigenvalue weighted by Crippen LogP contribution is 2.21. The van der Waals surface area contributed by atoms with Crippen LogP contribution in [0.3, 0.4) is 0 Å². The molecular formula is C14H17FN2OS. The van der Waals surface area contributed by atoms with E-state index in [4.69, 9.17) is 5.26 Å². The molecule has 1 unspecified atom stereocenters. The van der Waals surface area contributed by atoms with Crippen molar-refractivity contribution in [3.63, 3.8) is 0 Å². The van der Waals surface area contributed by atoms with E-state index in [1.807, 2.05) is 0 Å². The standard InChI is InChI=1S/C14H17FN2OS/c1-11(9-16)10-17(2)14(18)7-8-19-13-6-4-3-5-12(13)15/h3-6,11H,7-8,10H2,1-2H3. The molecule has 102 valence electrons. The van der Waals surface area contributed by atoms with Crippen LogP contribution < -0.4 is 0 Å². The van der Waals surface area contributed by atoms with Crippen molar-refractivity contribution in [3.8, 4) is 6.07 Å². The maximum absolute atomic E-state index is 13.3. The molecule has 0 bridgehead atoms. The SMILES string of the molecule is CC(C#N)CN(C)C(=O)CCSc1ccccc1F. The van der Waals surface area contributed by atoms with E-state index in [1.54, 1.807) is 37.1 Å². The van der Waals surface area contributed by atoms with Crippen molar-refractivity contribution in [2.24, 2.45) is 5.92 Å². The first kappa shape index (κ1) is 15.5. The Bertz CT molecular complexity index is 473. The van der Waals surface area contributed by atoms with Gasteiger partial charge in [0.25, 0.3) is 0 Å². The monoisotopic (exact) mass is 280 g/mol. The van der Waals surface area contributed by atoms with Crippen LogP contribution in [0.5, 0.6) is 0 Å². The zero-order valence-electron chi connectivity index (χ0n) is 11.1. The third kappa shape index (κ3) is 5.31. The number of hydrogen-bond donors (Lipinski definition) is 0. The van der Waals surface area contributed by atoms with Crippen LogP contribution in [0.2, 0.25) is 0 Å². The molecule has 1 atom stereocenters. The molecule has 0 saturated carbocycles. The van der Waals surface area contributed by atoms with Gasteiger partial charge in [0, 0.05) is 30.7 Å². The van der Waals surface area contributed by atoms with Gasteiger partial charge in [-0.1, -0.05) is 12.1 Å². The number of benzene rings is 1. The lowest BCUT2D eigenvalue weighted by atomic mass is 10.2. The highest BCUT2D eigenvalue weighted by Gasteiger charge is 2.12. The second kappa shape index (κ2) is 7.80. The molecule has 0 aliphatic carbocycles. The van der Waals surface area contributed by atoms with E-state index in [0.717, 1.165) is 0 Å². The van der Waals surface area contributed by atoms with Gasteiger partial charge in [0.1, 0.15) is 5.82 Å². The van der Waals surface area contributed by atoms with Gasteiger partial charge in [-0.05, 0) is 19.1 Å². The molecule has 3 nitrogen and oxygen atoms in total. The van der Waals surface area contributed by atoms with E-state index in [9.17, 15) is 9.18 Å². The van der Waals surface area contributed by atoms with Crippen molar-refractivity contribution in [1.82, 2.24) is 4.90 Å². The lowest BCUT2D eigenvalue weighted by molar-refractivity contribution is -0.129. The number of thioether (sulfide) groups is 1. The summed E-state index contributed by atoms with van der Waals surface area (Å²) in [5, 5.41) is 8.69. The third-order valence-electron chi connectivity index (χ3n) is 2.60. The van der Waals surface area contributed by atoms with Crippen molar-refractivity contribution >= 4 is 17.7 Å². The first-order valence-electron chi connectivity index (χ1n) is 6.05. The fourth-order valence-corrected chi connectivity index (χ4v) is 2.43. The van der Waals surface area contributed by atoms with Gasteiger partial charge >= 0.3 is 0 Å². The Morgan fingerprint density at radius 1 is 1.53 bits per heavy atom. The van der Waals surface area contributed by atoms with Crippen molar-refractivity contribution in [3.05, 3.63) is 30.1 Å². The molecule has 0 aromatic heterocycles. The predicted molar refractivity (Wildman–Crippen MR) is 74.2 cm³/mol. The fraction of sp³-hybridized carbons (Fsp3) is 0.429. The second-order valence-corrected chi connectivity index (χ2v) is 5.47. The smallest absolute Gasteiger partial charge is 0.223 e. The number of nitriles is 1.